The molecule has 19 heavy (non-hydrogen) atoms. The van der Waals surface area contributed by atoms with E-state index in [-0.39, 0.29) is 5.60 Å². The highest BCUT2D eigenvalue weighted by Gasteiger charge is 2.50. The maximum Gasteiger partial charge on any atom is 0.216 e. The highest BCUT2D eigenvalue weighted by atomic mass is 16.7. The van der Waals surface area contributed by atoms with Gasteiger partial charge in [-0.05, 0) is 44.0 Å². The number of nitrogens with zero attached hydrogens (tertiary/aromatic N) is 2. The minimum absolute atomic E-state index is 0.200. The number of piperidine rings is 3. The SMILES string of the molecule is C1=C(Oc2cccnc2)NOC12CN1CCC2CC1. The zero-order chi connectivity index (χ0) is 12.7. The van der Waals surface area contributed by atoms with Gasteiger partial charge < -0.3 is 4.74 Å². The number of rotatable bonds is 2. The first-order valence-corrected chi connectivity index (χ1v) is 6.81. The van der Waals surface area contributed by atoms with Crippen LogP contribution in [-0.2, 0) is 4.84 Å². The van der Waals surface area contributed by atoms with Crippen LogP contribution in [0.5, 0.6) is 5.75 Å². The molecule has 0 radical (unpaired) electrons. The largest absolute Gasteiger partial charge is 0.438 e. The molecule has 1 aromatic rings. The number of hydrogen-bond donors (Lipinski definition) is 1. The van der Waals surface area contributed by atoms with Gasteiger partial charge in [-0.1, -0.05) is 0 Å². The summed E-state index contributed by atoms with van der Waals surface area (Å²) in [6.07, 6.45) is 7.95. The molecule has 5 heterocycles. The van der Waals surface area contributed by atoms with Gasteiger partial charge in [0.2, 0.25) is 5.88 Å². The topological polar surface area (TPSA) is 46.6 Å². The maximum absolute atomic E-state index is 5.87. The van der Waals surface area contributed by atoms with Gasteiger partial charge in [0.15, 0.2) is 0 Å². The van der Waals surface area contributed by atoms with E-state index < -0.39 is 0 Å². The van der Waals surface area contributed by atoms with E-state index in [0.29, 0.717) is 11.8 Å². The van der Waals surface area contributed by atoms with Crippen LogP contribution in [0.3, 0.4) is 0 Å². The fourth-order valence-corrected chi connectivity index (χ4v) is 3.35. The van der Waals surface area contributed by atoms with Gasteiger partial charge in [-0.15, -0.1) is 0 Å². The highest BCUT2D eigenvalue weighted by Crippen LogP contribution is 2.41. The Morgan fingerprint density at radius 1 is 1.42 bits per heavy atom. The van der Waals surface area contributed by atoms with Crippen molar-refractivity contribution in [1.82, 2.24) is 15.4 Å². The number of fused-ring (bicyclic) bond motifs is 2. The van der Waals surface area contributed by atoms with Gasteiger partial charge in [-0.25, -0.2) is 5.48 Å². The van der Waals surface area contributed by atoms with E-state index in [0.717, 1.165) is 12.3 Å². The lowest BCUT2D eigenvalue weighted by Gasteiger charge is -2.48. The van der Waals surface area contributed by atoms with Gasteiger partial charge in [0.1, 0.15) is 11.4 Å². The van der Waals surface area contributed by atoms with Crippen molar-refractivity contribution in [3.8, 4) is 5.75 Å². The summed E-state index contributed by atoms with van der Waals surface area (Å²) in [6.45, 7) is 3.36. The van der Waals surface area contributed by atoms with Crippen molar-refractivity contribution in [3.05, 3.63) is 36.5 Å². The van der Waals surface area contributed by atoms with E-state index in [1.165, 1.54) is 25.9 Å². The standard InChI is InChI=1S/C14H17N3O2/c1-2-12(9-15-5-1)18-13-8-14(19-16-13)10-17-6-3-11(14)4-7-17/h1-2,5,8-9,11,16H,3-4,6-7,10H2. The van der Waals surface area contributed by atoms with Crippen LogP contribution in [0.15, 0.2) is 36.5 Å². The van der Waals surface area contributed by atoms with Crippen LogP contribution >= 0.6 is 0 Å². The van der Waals surface area contributed by atoms with Gasteiger partial charge in [0, 0.05) is 18.8 Å². The van der Waals surface area contributed by atoms with Crippen molar-refractivity contribution < 1.29 is 9.57 Å². The first-order chi connectivity index (χ1) is 9.34. The van der Waals surface area contributed by atoms with E-state index >= 15 is 0 Å². The molecule has 0 aliphatic carbocycles. The van der Waals surface area contributed by atoms with E-state index in [2.05, 4.69) is 21.4 Å². The summed E-state index contributed by atoms with van der Waals surface area (Å²) in [6, 6.07) is 3.74. The minimum Gasteiger partial charge on any atom is -0.438 e. The summed E-state index contributed by atoms with van der Waals surface area (Å²) in [5.74, 6) is 2.00. The van der Waals surface area contributed by atoms with Crippen LogP contribution in [0.2, 0.25) is 0 Å². The first-order valence-electron chi connectivity index (χ1n) is 6.81. The first kappa shape index (κ1) is 11.3. The number of pyridine rings is 1. The van der Waals surface area contributed by atoms with Crippen LogP contribution in [-0.4, -0.2) is 35.1 Å². The van der Waals surface area contributed by atoms with Crippen LogP contribution < -0.4 is 10.2 Å². The van der Waals surface area contributed by atoms with E-state index in [9.17, 15) is 0 Å². The third kappa shape index (κ3) is 1.89. The zero-order valence-corrected chi connectivity index (χ0v) is 10.7. The molecule has 4 aliphatic heterocycles. The van der Waals surface area contributed by atoms with Gasteiger partial charge in [-0.2, -0.15) is 0 Å². The Morgan fingerprint density at radius 2 is 2.32 bits per heavy atom. The number of hydrogen-bond acceptors (Lipinski definition) is 5. The molecule has 5 rings (SSSR count). The summed E-state index contributed by atoms with van der Waals surface area (Å²) in [5, 5.41) is 0. The van der Waals surface area contributed by atoms with Crippen LogP contribution in [0.4, 0.5) is 0 Å². The molecule has 1 N–H and O–H groups in total. The summed E-state index contributed by atoms with van der Waals surface area (Å²) in [7, 11) is 0. The Bertz CT molecular complexity index is 497. The maximum atomic E-state index is 5.87. The second-order valence-electron chi connectivity index (χ2n) is 5.51. The van der Waals surface area contributed by atoms with Crippen LogP contribution in [0.1, 0.15) is 12.8 Å². The van der Waals surface area contributed by atoms with E-state index in [1.54, 1.807) is 12.4 Å². The molecule has 5 heteroatoms. The average Bonchev–Trinajstić information content (AvgIpc) is 2.84. The lowest BCUT2D eigenvalue weighted by molar-refractivity contribution is -0.141. The second kappa shape index (κ2) is 4.21. The smallest absolute Gasteiger partial charge is 0.216 e. The summed E-state index contributed by atoms with van der Waals surface area (Å²) in [4.78, 5) is 12.4. The molecule has 4 aliphatic rings. The van der Waals surface area contributed by atoms with Gasteiger partial charge in [0.25, 0.3) is 0 Å². The van der Waals surface area contributed by atoms with Crippen molar-refractivity contribution in [3.63, 3.8) is 0 Å². The summed E-state index contributed by atoms with van der Waals surface area (Å²) < 4.78 is 5.75. The lowest BCUT2D eigenvalue weighted by Crippen LogP contribution is -2.58. The van der Waals surface area contributed by atoms with Crippen molar-refractivity contribution in [2.75, 3.05) is 19.6 Å². The Hall–Kier alpha value is -1.59. The normalized spacial score (nSPS) is 36.1. The molecule has 0 aromatic carbocycles. The highest BCUT2D eigenvalue weighted by molar-refractivity contribution is 5.23. The quantitative estimate of drug-likeness (QED) is 0.867. The molecule has 0 amide bonds. The monoisotopic (exact) mass is 259 g/mol. The number of aromatic nitrogens is 1. The van der Waals surface area contributed by atoms with Gasteiger partial charge >= 0.3 is 0 Å². The predicted molar refractivity (Wildman–Crippen MR) is 69.1 cm³/mol. The fourth-order valence-electron chi connectivity index (χ4n) is 3.35. The minimum atomic E-state index is -0.200. The number of nitrogens with one attached hydrogen (secondary N) is 1. The summed E-state index contributed by atoms with van der Waals surface area (Å²) in [5.41, 5.74) is 2.73. The van der Waals surface area contributed by atoms with E-state index in [4.69, 9.17) is 9.57 Å². The van der Waals surface area contributed by atoms with Crippen molar-refractivity contribution >= 4 is 0 Å². The van der Waals surface area contributed by atoms with Gasteiger partial charge in [-0.3, -0.25) is 14.7 Å². The third-order valence-electron chi connectivity index (χ3n) is 4.33. The van der Waals surface area contributed by atoms with Crippen LogP contribution in [0.25, 0.3) is 0 Å². The van der Waals surface area contributed by atoms with Crippen molar-refractivity contribution in [2.45, 2.75) is 18.4 Å². The molecule has 1 unspecified atom stereocenters. The average molecular weight is 259 g/mol. The van der Waals surface area contributed by atoms with Crippen molar-refractivity contribution in [2.24, 2.45) is 5.92 Å². The molecule has 5 nitrogen and oxygen atoms in total. The Morgan fingerprint density at radius 3 is 3.00 bits per heavy atom. The molecule has 1 aromatic heterocycles. The van der Waals surface area contributed by atoms with Crippen LogP contribution in [0, 0.1) is 5.92 Å². The molecule has 3 fully saturated rings. The Kier molecular flexibility index (Phi) is 2.50. The summed E-state index contributed by atoms with van der Waals surface area (Å²) >= 11 is 0. The molecule has 0 saturated carbocycles. The molecular weight excluding hydrogens is 242 g/mol. The Balaban J connectivity index is 1.55. The molecule has 100 valence electrons. The number of ether oxygens (including phenoxy) is 1. The molecule has 2 bridgehead atoms. The molecular formula is C14H17N3O2. The Labute approximate surface area is 112 Å². The predicted octanol–water partition coefficient (Wildman–Crippen LogP) is 1.30. The van der Waals surface area contributed by atoms with Crippen molar-refractivity contribution in [1.29, 1.82) is 0 Å². The van der Waals surface area contributed by atoms with Gasteiger partial charge in [0.05, 0.1) is 6.20 Å². The third-order valence-corrected chi connectivity index (χ3v) is 4.33. The zero-order valence-electron chi connectivity index (χ0n) is 10.7. The molecule has 1 spiro atoms. The molecule has 3 saturated heterocycles. The molecule has 1 atom stereocenters. The second-order valence-corrected chi connectivity index (χ2v) is 5.51. The lowest BCUT2D eigenvalue weighted by atomic mass is 9.75. The van der Waals surface area contributed by atoms with E-state index in [1.807, 2.05) is 12.1 Å². The number of hydroxylamine groups is 1. The fraction of sp³-hybridized carbons (Fsp3) is 0.500.